The normalized spacial score (nSPS) is 15.6. The molecule has 1 aliphatic carbocycles. The van der Waals surface area contributed by atoms with Gasteiger partial charge in [0.25, 0.3) is 5.56 Å². The maximum absolute atomic E-state index is 13.6. The van der Waals surface area contributed by atoms with E-state index < -0.39 is 0 Å². The number of nitrogens with zero attached hydrogens (tertiary/aromatic N) is 5. The molecule has 0 radical (unpaired) electrons. The van der Waals surface area contributed by atoms with E-state index in [1.54, 1.807) is 0 Å². The summed E-state index contributed by atoms with van der Waals surface area (Å²) in [6.45, 7) is 6.85. The number of aryl methyl sites for hydroxylation is 2. The van der Waals surface area contributed by atoms with E-state index in [2.05, 4.69) is 24.5 Å². The van der Waals surface area contributed by atoms with Gasteiger partial charge in [0.05, 0.1) is 11.0 Å². The monoisotopic (exact) mass is 415 g/mol. The number of hydrogen-bond donors (Lipinski definition) is 0. The summed E-state index contributed by atoms with van der Waals surface area (Å²) in [5.41, 5.74) is 5.27. The van der Waals surface area contributed by atoms with Crippen LogP contribution in [0.15, 0.2) is 40.7 Å². The molecule has 4 aromatic rings. The lowest BCUT2D eigenvalue weighted by Crippen LogP contribution is -2.26. The first kappa shape index (κ1) is 19.9. The summed E-state index contributed by atoms with van der Waals surface area (Å²) in [5, 5.41) is 0.594. The zero-order chi connectivity index (χ0) is 21.5. The van der Waals surface area contributed by atoms with Crippen molar-refractivity contribution in [1.82, 2.24) is 24.1 Å². The number of fused-ring (bicyclic) bond motifs is 4. The minimum absolute atomic E-state index is 0.0120. The zero-order valence-electron chi connectivity index (χ0n) is 18.6. The topological polar surface area (TPSA) is 65.6 Å². The molecule has 6 heteroatoms. The van der Waals surface area contributed by atoms with Gasteiger partial charge in [-0.15, -0.1) is 0 Å². The van der Waals surface area contributed by atoms with Crippen LogP contribution in [-0.4, -0.2) is 24.1 Å². The highest BCUT2D eigenvalue weighted by atomic mass is 16.1. The van der Waals surface area contributed by atoms with Gasteiger partial charge in [-0.25, -0.2) is 15.0 Å². The van der Waals surface area contributed by atoms with E-state index in [-0.39, 0.29) is 11.6 Å². The van der Waals surface area contributed by atoms with Gasteiger partial charge in [-0.2, -0.15) is 0 Å². The molecule has 0 amide bonds. The minimum atomic E-state index is -0.0120. The van der Waals surface area contributed by atoms with E-state index in [1.807, 2.05) is 35.8 Å². The van der Waals surface area contributed by atoms with Crippen molar-refractivity contribution in [1.29, 1.82) is 0 Å². The van der Waals surface area contributed by atoms with Crippen LogP contribution in [0.2, 0.25) is 0 Å². The SMILES string of the molecule is CC[C@@H](C)n1c(C)nc2c(c1=O)c1nc3ccccc3nc1n2CCC1=CCCCC1. The lowest BCUT2D eigenvalue weighted by molar-refractivity contribution is 0.496. The number of benzene rings is 1. The third kappa shape index (κ3) is 3.34. The molecule has 0 spiro atoms. The molecule has 6 nitrogen and oxygen atoms in total. The van der Waals surface area contributed by atoms with Gasteiger partial charge in [0.2, 0.25) is 0 Å². The van der Waals surface area contributed by atoms with E-state index in [1.165, 1.54) is 31.3 Å². The Morgan fingerprint density at radius 2 is 1.84 bits per heavy atom. The van der Waals surface area contributed by atoms with Crippen molar-refractivity contribution in [3.8, 4) is 0 Å². The van der Waals surface area contributed by atoms with Crippen molar-refractivity contribution < 1.29 is 0 Å². The van der Waals surface area contributed by atoms with Crippen molar-refractivity contribution in [2.24, 2.45) is 0 Å². The Labute approximate surface area is 181 Å². The van der Waals surface area contributed by atoms with Crippen molar-refractivity contribution in [3.63, 3.8) is 0 Å². The second-order valence-electron chi connectivity index (χ2n) is 8.68. The van der Waals surface area contributed by atoms with Gasteiger partial charge in [0.15, 0.2) is 11.3 Å². The van der Waals surface area contributed by atoms with Crippen LogP contribution in [0.5, 0.6) is 0 Å². The van der Waals surface area contributed by atoms with Crippen LogP contribution < -0.4 is 5.56 Å². The molecule has 0 bridgehead atoms. The summed E-state index contributed by atoms with van der Waals surface area (Å²) < 4.78 is 3.93. The zero-order valence-corrected chi connectivity index (χ0v) is 18.6. The minimum Gasteiger partial charge on any atom is -0.308 e. The summed E-state index contributed by atoms with van der Waals surface area (Å²) >= 11 is 0. The van der Waals surface area contributed by atoms with E-state index in [0.717, 1.165) is 41.9 Å². The average molecular weight is 416 g/mol. The number of aromatic nitrogens is 5. The first-order valence-corrected chi connectivity index (χ1v) is 11.4. The standard InChI is InChI=1S/C25H29N5O/c1-4-16(2)30-17(3)26-23-21(25(30)31)22-24(28-20-13-9-8-12-19(20)27-22)29(23)15-14-18-10-6-5-7-11-18/h8-10,12-13,16H,4-7,11,14-15H2,1-3H3/t16-/m1/s1. The van der Waals surface area contributed by atoms with Gasteiger partial charge < -0.3 is 4.57 Å². The van der Waals surface area contributed by atoms with E-state index >= 15 is 0 Å². The Morgan fingerprint density at radius 1 is 1.06 bits per heavy atom. The highest BCUT2D eigenvalue weighted by Crippen LogP contribution is 2.28. The van der Waals surface area contributed by atoms with Crippen LogP contribution in [0.4, 0.5) is 0 Å². The van der Waals surface area contributed by atoms with E-state index in [0.29, 0.717) is 16.6 Å². The predicted octanol–water partition coefficient (Wildman–Crippen LogP) is 5.46. The Hall–Kier alpha value is -3.02. The Bertz CT molecular complexity index is 1380. The first-order chi connectivity index (χ1) is 15.1. The summed E-state index contributed by atoms with van der Waals surface area (Å²) in [4.78, 5) is 28.4. The summed E-state index contributed by atoms with van der Waals surface area (Å²) in [6.07, 6.45) is 9.10. The number of allylic oxidation sites excluding steroid dienone is 2. The van der Waals surface area contributed by atoms with Gasteiger partial charge in [-0.1, -0.05) is 30.7 Å². The summed E-state index contributed by atoms with van der Waals surface area (Å²) in [7, 11) is 0. The molecular formula is C25H29N5O. The van der Waals surface area contributed by atoms with Crippen LogP contribution in [-0.2, 0) is 6.54 Å². The van der Waals surface area contributed by atoms with E-state index in [9.17, 15) is 4.79 Å². The lowest BCUT2D eigenvalue weighted by atomic mass is 9.97. The Kier molecular flexibility index (Phi) is 5.08. The van der Waals surface area contributed by atoms with Gasteiger partial charge in [-0.05, 0) is 64.5 Å². The fraction of sp³-hybridized carbons (Fsp3) is 0.440. The number of para-hydroxylation sites is 2. The summed E-state index contributed by atoms with van der Waals surface area (Å²) in [5.74, 6) is 0.748. The largest absolute Gasteiger partial charge is 0.308 e. The summed E-state index contributed by atoms with van der Waals surface area (Å²) in [6, 6.07) is 7.94. The fourth-order valence-corrected chi connectivity index (χ4v) is 4.78. The molecule has 0 aliphatic heterocycles. The van der Waals surface area contributed by atoms with Crippen molar-refractivity contribution >= 4 is 33.2 Å². The molecule has 1 aromatic carbocycles. The molecule has 0 N–H and O–H groups in total. The molecule has 5 rings (SSSR count). The van der Waals surface area contributed by atoms with Crippen molar-refractivity contribution in [2.45, 2.75) is 71.9 Å². The lowest BCUT2D eigenvalue weighted by Gasteiger charge is -2.16. The predicted molar refractivity (Wildman–Crippen MR) is 126 cm³/mol. The van der Waals surface area contributed by atoms with Crippen LogP contribution in [0.3, 0.4) is 0 Å². The quantitative estimate of drug-likeness (QED) is 0.406. The highest BCUT2D eigenvalue weighted by Gasteiger charge is 2.22. The van der Waals surface area contributed by atoms with E-state index in [4.69, 9.17) is 15.0 Å². The molecule has 1 atom stereocenters. The van der Waals surface area contributed by atoms with Crippen molar-refractivity contribution in [3.05, 3.63) is 52.1 Å². The smallest absolute Gasteiger partial charge is 0.265 e. The number of rotatable bonds is 5. The third-order valence-electron chi connectivity index (χ3n) is 6.65. The van der Waals surface area contributed by atoms with Crippen molar-refractivity contribution in [2.75, 3.05) is 0 Å². The Balaban J connectivity index is 1.79. The molecule has 160 valence electrons. The molecule has 3 heterocycles. The van der Waals surface area contributed by atoms with Crippen LogP contribution in [0.1, 0.15) is 64.2 Å². The average Bonchev–Trinajstić information content (AvgIpc) is 3.08. The van der Waals surface area contributed by atoms with Crippen LogP contribution in [0, 0.1) is 6.92 Å². The molecule has 0 saturated carbocycles. The number of hydrogen-bond acceptors (Lipinski definition) is 4. The second kappa shape index (κ2) is 7.91. The van der Waals surface area contributed by atoms with Crippen LogP contribution >= 0.6 is 0 Å². The second-order valence-corrected chi connectivity index (χ2v) is 8.68. The molecule has 0 unspecified atom stereocenters. The first-order valence-electron chi connectivity index (χ1n) is 11.4. The molecule has 31 heavy (non-hydrogen) atoms. The Morgan fingerprint density at radius 3 is 2.55 bits per heavy atom. The van der Waals surface area contributed by atoms with Gasteiger partial charge in [0, 0.05) is 12.6 Å². The van der Waals surface area contributed by atoms with Crippen LogP contribution in [0.25, 0.3) is 33.2 Å². The maximum Gasteiger partial charge on any atom is 0.265 e. The maximum atomic E-state index is 13.6. The van der Waals surface area contributed by atoms with Gasteiger partial charge in [0.1, 0.15) is 16.7 Å². The third-order valence-corrected chi connectivity index (χ3v) is 6.65. The molecule has 0 saturated heterocycles. The molecule has 0 fully saturated rings. The molecule has 3 aromatic heterocycles. The molecular weight excluding hydrogens is 386 g/mol. The van der Waals surface area contributed by atoms with Gasteiger partial charge >= 0.3 is 0 Å². The van der Waals surface area contributed by atoms with Gasteiger partial charge in [-0.3, -0.25) is 9.36 Å². The highest BCUT2D eigenvalue weighted by molar-refractivity contribution is 6.04. The molecule has 1 aliphatic rings. The fourth-order valence-electron chi connectivity index (χ4n) is 4.78.